The van der Waals surface area contributed by atoms with Crippen LogP contribution in [0.2, 0.25) is 0 Å². The summed E-state index contributed by atoms with van der Waals surface area (Å²) in [5.74, 6) is -1.64. The largest absolute Gasteiger partial charge is 0.368 e. The van der Waals surface area contributed by atoms with E-state index in [9.17, 15) is 13.9 Å². The number of hydrogen-bond acceptors (Lipinski definition) is 10. The molecule has 2 N–H and O–H groups in total. The molecule has 5 rings (SSSR count). The highest BCUT2D eigenvalue weighted by molar-refractivity contribution is 5.63. The maximum Gasteiger partial charge on any atom is 0.183 e. The molecular weight excluding hydrogens is 574 g/mol. The van der Waals surface area contributed by atoms with Crippen molar-refractivity contribution < 1.29 is 32.6 Å². The zero-order chi connectivity index (χ0) is 31.5. The average molecular weight is 613 g/mol. The van der Waals surface area contributed by atoms with Crippen molar-refractivity contribution in [1.82, 2.24) is 24.9 Å². The van der Waals surface area contributed by atoms with E-state index in [1.54, 1.807) is 35.0 Å². The lowest BCUT2D eigenvalue weighted by molar-refractivity contribution is -0.310. The molecule has 4 aromatic rings. The summed E-state index contributed by atoms with van der Waals surface area (Å²) in [5.41, 5.74) is 1.36. The molecule has 1 fully saturated rings. The molecule has 13 heteroatoms. The lowest BCUT2D eigenvalue weighted by Crippen LogP contribution is -2.46. The van der Waals surface area contributed by atoms with E-state index in [-0.39, 0.29) is 36.2 Å². The summed E-state index contributed by atoms with van der Waals surface area (Å²) in [5, 5.41) is 22.0. The molecule has 1 saturated heterocycles. The number of rotatable bonds is 11. The number of aliphatic hydroxyl groups is 1. The van der Waals surface area contributed by atoms with Gasteiger partial charge < -0.3 is 29.2 Å². The van der Waals surface area contributed by atoms with Gasteiger partial charge in [-0.2, -0.15) is 5.10 Å². The molecule has 3 atom stereocenters. The van der Waals surface area contributed by atoms with Gasteiger partial charge in [0.05, 0.1) is 36.2 Å². The Morgan fingerprint density at radius 1 is 1.11 bits per heavy atom. The van der Waals surface area contributed by atoms with Crippen molar-refractivity contribution in [2.75, 3.05) is 11.9 Å². The van der Waals surface area contributed by atoms with Gasteiger partial charge >= 0.3 is 0 Å². The first-order valence-corrected chi connectivity index (χ1v) is 14.6. The lowest BCUT2D eigenvalue weighted by atomic mass is 10.0. The number of ether oxygens (including phenoxy) is 3. The van der Waals surface area contributed by atoms with Crippen LogP contribution in [0.4, 0.5) is 14.6 Å². The number of anilines is 1. The minimum atomic E-state index is -0.971. The van der Waals surface area contributed by atoms with Crippen LogP contribution < -0.4 is 5.32 Å². The molecule has 1 aromatic carbocycles. The first-order valence-electron chi connectivity index (χ1n) is 14.6. The summed E-state index contributed by atoms with van der Waals surface area (Å²) in [6, 6.07) is 9.79. The molecule has 0 bridgehead atoms. The van der Waals surface area contributed by atoms with Crippen molar-refractivity contribution in [3.8, 4) is 22.9 Å². The van der Waals surface area contributed by atoms with Crippen molar-refractivity contribution in [2.24, 2.45) is 0 Å². The highest BCUT2D eigenvalue weighted by Gasteiger charge is 2.36. The second-order valence-electron chi connectivity index (χ2n) is 12.2. The van der Waals surface area contributed by atoms with Gasteiger partial charge in [0.2, 0.25) is 0 Å². The van der Waals surface area contributed by atoms with Crippen LogP contribution >= 0.6 is 0 Å². The molecule has 44 heavy (non-hydrogen) atoms. The quantitative estimate of drug-likeness (QED) is 0.208. The van der Waals surface area contributed by atoms with Gasteiger partial charge in [-0.05, 0) is 53.2 Å². The fourth-order valence-electron chi connectivity index (χ4n) is 5.17. The summed E-state index contributed by atoms with van der Waals surface area (Å²) in [4.78, 5) is 8.55. The van der Waals surface area contributed by atoms with E-state index in [1.807, 2.05) is 34.6 Å². The van der Waals surface area contributed by atoms with Crippen LogP contribution in [0.1, 0.15) is 59.4 Å². The Morgan fingerprint density at radius 2 is 1.89 bits per heavy atom. The highest BCUT2D eigenvalue weighted by Crippen LogP contribution is 2.31. The number of aromatic nitrogens is 5. The normalized spacial score (nSPS) is 19.2. The molecule has 4 heterocycles. The Balaban J connectivity index is 1.27. The van der Waals surface area contributed by atoms with Gasteiger partial charge in [0.1, 0.15) is 23.5 Å². The molecule has 0 saturated carbocycles. The third-order valence-corrected chi connectivity index (χ3v) is 6.87. The molecule has 1 unspecified atom stereocenters. The van der Waals surface area contributed by atoms with Crippen molar-refractivity contribution in [2.45, 2.75) is 90.3 Å². The molecule has 1 aliphatic rings. The number of nitrogens with one attached hydrogen (secondary N) is 1. The Kier molecular flexibility index (Phi) is 9.39. The van der Waals surface area contributed by atoms with Gasteiger partial charge in [0.25, 0.3) is 0 Å². The standard InChI is InChI=1S/C31H38F2N6O5/c1-30(2,3)44-27(40)15-21-14-20(42-31(4,5)43-21)10-12-34-28-23(33)17-35-29(36-28)25-16-26(24-11-13-41-38-24)39(37-25)18-19-8-6-7-9-22(19)32/h6-9,11,13,16-17,20-21,27,40H,10,12,14-15,18H2,1-5H3,(H,34,35,36)/t20-,21-,27?/m1/s1. The van der Waals surface area contributed by atoms with E-state index < -0.39 is 23.5 Å². The number of aliphatic hydroxyl groups excluding tert-OH is 1. The maximum atomic E-state index is 14.8. The van der Waals surface area contributed by atoms with Crippen LogP contribution in [0, 0.1) is 11.6 Å². The average Bonchev–Trinajstić information content (AvgIpc) is 3.59. The highest BCUT2D eigenvalue weighted by atomic mass is 19.1. The Labute approximate surface area is 254 Å². The number of benzene rings is 1. The van der Waals surface area contributed by atoms with Crippen molar-refractivity contribution in [1.29, 1.82) is 0 Å². The molecule has 0 spiro atoms. The van der Waals surface area contributed by atoms with E-state index in [0.29, 0.717) is 48.5 Å². The number of nitrogens with zero attached hydrogens (tertiary/aromatic N) is 5. The van der Waals surface area contributed by atoms with Crippen LogP contribution in [0.3, 0.4) is 0 Å². The third kappa shape index (κ3) is 8.23. The first kappa shape index (κ1) is 31.6. The van der Waals surface area contributed by atoms with Crippen LogP contribution in [0.15, 0.2) is 53.4 Å². The topological polar surface area (TPSA) is 130 Å². The first-order chi connectivity index (χ1) is 20.8. The summed E-state index contributed by atoms with van der Waals surface area (Å²) < 4.78 is 53.5. The van der Waals surface area contributed by atoms with Crippen LogP contribution in [0.5, 0.6) is 0 Å². The summed E-state index contributed by atoms with van der Waals surface area (Å²) in [6.45, 7) is 9.77. The molecule has 1 aliphatic heterocycles. The van der Waals surface area contributed by atoms with Crippen molar-refractivity contribution >= 4 is 5.82 Å². The Morgan fingerprint density at radius 3 is 2.61 bits per heavy atom. The third-order valence-electron chi connectivity index (χ3n) is 6.87. The van der Waals surface area contributed by atoms with E-state index in [4.69, 9.17) is 18.7 Å². The minimum Gasteiger partial charge on any atom is -0.368 e. The zero-order valence-corrected chi connectivity index (χ0v) is 25.5. The van der Waals surface area contributed by atoms with Gasteiger partial charge in [-0.1, -0.05) is 23.4 Å². The smallest absolute Gasteiger partial charge is 0.183 e. The van der Waals surface area contributed by atoms with Gasteiger partial charge in [-0.15, -0.1) is 0 Å². The van der Waals surface area contributed by atoms with Crippen LogP contribution in [0.25, 0.3) is 22.9 Å². The molecule has 0 radical (unpaired) electrons. The van der Waals surface area contributed by atoms with E-state index in [1.165, 1.54) is 12.3 Å². The summed E-state index contributed by atoms with van der Waals surface area (Å²) >= 11 is 0. The van der Waals surface area contributed by atoms with Gasteiger partial charge in [-0.25, -0.2) is 18.7 Å². The van der Waals surface area contributed by atoms with Crippen LogP contribution in [-0.4, -0.2) is 66.4 Å². The zero-order valence-electron chi connectivity index (χ0n) is 25.5. The fraction of sp³-hybridized carbons (Fsp3) is 0.484. The van der Waals surface area contributed by atoms with E-state index >= 15 is 0 Å². The van der Waals surface area contributed by atoms with Gasteiger partial charge in [-0.3, -0.25) is 4.68 Å². The second-order valence-corrected chi connectivity index (χ2v) is 12.2. The molecule has 0 amide bonds. The lowest BCUT2D eigenvalue weighted by Gasteiger charge is -2.41. The molecular formula is C31H38F2N6O5. The summed E-state index contributed by atoms with van der Waals surface area (Å²) in [6.07, 6.45) is 2.43. The molecule has 11 nitrogen and oxygen atoms in total. The van der Waals surface area contributed by atoms with E-state index in [0.717, 1.165) is 6.20 Å². The number of halogens is 2. The number of hydrogen-bond donors (Lipinski definition) is 2. The molecule has 236 valence electrons. The molecule has 3 aromatic heterocycles. The fourth-order valence-corrected chi connectivity index (χ4v) is 5.17. The van der Waals surface area contributed by atoms with Gasteiger partial charge in [0.15, 0.2) is 29.5 Å². The summed E-state index contributed by atoms with van der Waals surface area (Å²) in [7, 11) is 0. The predicted octanol–water partition coefficient (Wildman–Crippen LogP) is 5.56. The minimum absolute atomic E-state index is 0.0125. The van der Waals surface area contributed by atoms with E-state index in [2.05, 4.69) is 25.5 Å². The monoisotopic (exact) mass is 612 g/mol. The molecule has 0 aliphatic carbocycles. The van der Waals surface area contributed by atoms with Crippen LogP contribution in [-0.2, 0) is 20.8 Å². The SMILES string of the molecule is CC(C)(C)OC(O)C[C@H]1C[C@@H](CCNc2nc(-c3cc(-c4ccon4)n(Cc4ccccc4F)n3)ncc2F)OC(C)(C)O1. The van der Waals surface area contributed by atoms with Crippen molar-refractivity contribution in [3.63, 3.8) is 0 Å². The van der Waals surface area contributed by atoms with Crippen molar-refractivity contribution in [3.05, 3.63) is 66.1 Å². The Hall–Kier alpha value is -3.78. The maximum absolute atomic E-state index is 14.8. The van der Waals surface area contributed by atoms with Gasteiger partial charge in [0, 0.05) is 31.0 Å². The predicted molar refractivity (Wildman–Crippen MR) is 157 cm³/mol. The second kappa shape index (κ2) is 13.1. The Bertz CT molecular complexity index is 1540.